The standard InChI is InChI=1S/C22H26Cl2N2O2S/c1-4-25-22(28)16(3)26(12-17-8-6-5-7-15(17)2)21(27)14-29-13-18-9-10-19(23)11-20(18)24/h5-11,16H,4,12-14H2,1-3H3,(H,25,28)/t16-/m0/s1. The summed E-state index contributed by atoms with van der Waals surface area (Å²) >= 11 is 13.6. The Labute approximate surface area is 187 Å². The molecule has 2 aromatic rings. The van der Waals surface area contributed by atoms with Gasteiger partial charge in [0.25, 0.3) is 0 Å². The Balaban J connectivity index is 2.08. The van der Waals surface area contributed by atoms with Gasteiger partial charge in [0.2, 0.25) is 11.8 Å². The Hall–Kier alpha value is -1.69. The van der Waals surface area contributed by atoms with Crippen molar-refractivity contribution in [1.29, 1.82) is 0 Å². The quantitative estimate of drug-likeness (QED) is 0.576. The van der Waals surface area contributed by atoms with Crippen LogP contribution in [-0.4, -0.2) is 35.1 Å². The average molecular weight is 453 g/mol. The zero-order valence-corrected chi connectivity index (χ0v) is 19.2. The van der Waals surface area contributed by atoms with Gasteiger partial charge in [-0.3, -0.25) is 9.59 Å². The van der Waals surface area contributed by atoms with Gasteiger partial charge < -0.3 is 10.2 Å². The van der Waals surface area contributed by atoms with Gasteiger partial charge in [-0.05, 0) is 49.6 Å². The number of carbonyl (C=O) groups is 2. The summed E-state index contributed by atoms with van der Waals surface area (Å²) in [5.41, 5.74) is 3.05. The van der Waals surface area contributed by atoms with Crippen molar-refractivity contribution in [3.8, 4) is 0 Å². The molecule has 2 aromatic carbocycles. The third kappa shape index (κ3) is 6.95. The molecule has 0 aliphatic carbocycles. The van der Waals surface area contributed by atoms with E-state index in [0.29, 0.717) is 28.9 Å². The highest BCUT2D eigenvalue weighted by Gasteiger charge is 2.26. The largest absolute Gasteiger partial charge is 0.355 e. The molecule has 2 rings (SSSR count). The molecule has 2 amide bonds. The van der Waals surface area contributed by atoms with Gasteiger partial charge >= 0.3 is 0 Å². The fraction of sp³-hybridized carbons (Fsp3) is 0.364. The van der Waals surface area contributed by atoms with Crippen molar-refractivity contribution in [2.45, 2.75) is 39.1 Å². The molecule has 0 aromatic heterocycles. The first-order valence-corrected chi connectivity index (χ1v) is 11.4. The van der Waals surface area contributed by atoms with Gasteiger partial charge in [0, 0.05) is 28.9 Å². The molecular weight excluding hydrogens is 427 g/mol. The maximum Gasteiger partial charge on any atom is 0.242 e. The average Bonchev–Trinajstić information content (AvgIpc) is 2.68. The van der Waals surface area contributed by atoms with E-state index >= 15 is 0 Å². The highest BCUT2D eigenvalue weighted by molar-refractivity contribution is 7.99. The second-order valence-electron chi connectivity index (χ2n) is 6.75. The minimum absolute atomic E-state index is 0.0814. The number of nitrogens with one attached hydrogen (secondary N) is 1. The summed E-state index contributed by atoms with van der Waals surface area (Å²) < 4.78 is 0. The van der Waals surface area contributed by atoms with E-state index in [4.69, 9.17) is 23.2 Å². The lowest BCUT2D eigenvalue weighted by Crippen LogP contribution is -2.48. The van der Waals surface area contributed by atoms with Crippen LogP contribution in [0.15, 0.2) is 42.5 Å². The number of aryl methyl sites for hydroxylation is 1. The van der Waals surface area contributed by atoms with Crippen LogP contribution in [0.3, 0.4) is 0 Å². The van der Waals surface area contributed by atoms with Gasteiger partial charge in [-0.25, -0.2) is 0 Å². The normalized spacial score (nSPS) is 11.8. The molecule has 7 heteroatoms. The van der Waals surface area contributed by atoms with Crippen molar-refractivity contribution < 1.29 is 9.59 Å². The van der Waals surface area contributed by atoms with Crippen LogP contribution in [0.4, 0.5) is 0 Å². The highest BCUT2D eigenvalue weighted by Crippen LogP contribution is 2.25. The van der Waals surface area contributed by atoms with E-state index < -0.39 is 6.04 Å². The van der Waals surface area contributed by atoms with Crippen LogP contribution in [0.25, 0.3) is 0 Å². The first kappa shape index (κ1) is 23.6. The molecule has 29 heavy (non-hydrogen) atoms. The van der Waals surface area contributed by atoms with Crippen molar-refractivity contribution in [2.75, 3.05) is 12.3 Å². The lowest BCUT2D eigenvalue weighted by Gasteiger charge is -2.29. The maximum atomic E-state index is 13.0. The van der Waals surface area contributed by atoms with Gasteiger partial charge in [-0.1, -0.05) is 53.5 Å². The number of rotatable bonds is 9. The molecule has 0 radical (unpaired) electrons. The van der Waals surface area contributed by atoms with Crippen LogP contribution in [0.5, 0.6) is 0 Å². The third-order valence-corrected chi connectivity index (χ3v) is 6.17. The first-order chi connectivity index (χ1) is 13.8. The summed E-state index contributed by atoms with van der Waals surface area (Å²) in [6.45, 7) is 6.56. The van der Waals surface area contributed by atoms with Crippen molar-refractivity contribution in [3.63, 3.8) is 0 Å². The predicted molar refractivity (Wildman–Crippen MR) is 122 cm³/mol. The Kier molecular flexibility index (Phi) is 9.34. The molecule has 0 saturated carbocycles. The fourth-order valence-electron chi connectivity index (χ4n) is 2.85. The number of benzene rings is 2. The maximum absolute atomic E-state index is 13.0. The van der Waals surface area contributed by atoms with Crippen molar-refractivity contribution >= 4 is 46.8 Å². The second kappa shape index (κ2) is 11.5. The fourth-order valence-corrected chi connectivity index (χ4v) is 4.31. The van der Waals surface area contributed by atoms with Crippen LogP contribution in [0.1, 0.15) is 30.5 Å². The van der Waals surface area contributed by atoms with E-state index in [1.165, 1.54) is 11.8 Å². The number of hydrogen-bond acceptors (Lipinski definition) is 3. The topological polar surface area (TPSA) is 49.4 Å². The summed E-state index contributed by atoms with van der Waals surface area (Å²) in [6.07, 6.45) is 0. The summed E-state index contributed by atoms with van der Waals surface area (Å²) in [4.78, 5) is 27.0. The molecule has 0 aliphatic heterocycles. The monoisotopic (exact) mass is 452 g/mol. The molecule has 0 unspecified atom stereocenters. The van der Waals surface area contributed by atoms with Gasteiger partial charge in [0.15, 0.2) is 0 Å². The smallest absolute Gasteiger partial charge is 0.242 e. The van der Waals surface area contributed by atoms with Crippen LogP contribution in [-0.2, 0) is 21.9 Å². The Bertz CT molecular complexity index is 860. The van der Waals surface area contributed by atoms with Crippen LogP contribution < -0.4 is 5.32 Å². The summed E-state index contributed by atoms with van der Waals surface area (Å²) in [6, 6.07) is 12.7. The van der Waals surface area contributed by atoms with Gasteiger partial charge in [0.05, 0.1) is 5.75 Å². The Morgan fingerprint density at radius 1 is 1.14 bits per heavy atom. The number of hydrogen-bond donors (Lipinski definition) is 1. The summed E-state index contributed by atoms with van der Waals surface area (Å²) in [7, 11) is 0. The predicted octanol–water partition coefficient (Wildman–Crippen LogP) is 5.09. The number of halogens is 2. The van der Waals surface area contributed by atoms with Gasteiger partial charge in [-0.2, -0.15) is 0 Å². The van der Waals surface area contributed by atoms with E-state index in [2.05, 4.69) is 5.32 Å². The van der Waals surface area contributed by atoms with Gasteiger partial charge in [0.1, 0.15) is 6.04 Å². The zero-order chi connectivity index (χ0) is 21.4. The number of amides is 2. The zero-order valence-electron chi connectivity index (χ0n) is 16.9. The third-order valence-electron chi connectivity index (χ3n) is 4.62. The number of thioether (sulfide) groups is 1. The van der Waals surface area contributed by atoms with Crippen LogP contribution in [0, 0.1) is 6.92 Å². The highest BCUT2D eigenvalue weighted by atomic mass is 35.5. The van der Waals surface area contributed by atoms with E-state index in [0.717, 1.165) is 16.7 Å². The molecule has 0 aliphatic rings. The van der Waals surface area contributed by atoms with Crippen molar-refractivity contribution in [2.24, 2.45) is 0 Å². The Morgan fingerprint density at radius 3 is 2.52 bits per heavy atom. The molecule has 1 N–H and O–H groups in total. The minimum atomic E-state index is -0.554. The number of likely N-dealkylation sites (N-methyl/N-ethyl adjacent to an activating group) is 1. The molecule has 1 atom stereocenters. The lowest BCUT2D eigenvalue weighted by atomic mass is 10.1. The Morgan fingerprint density at radius 2 is 1.86 bits per heavy atom. The first-order valence-electron chi connectivity index (χ1n) is 9.46. The SMILES string of the molecule is CCNC(=O)[C@H](C)N(Cc1ccccc1C)C(=O)CSCc1ccc(Cl)cc1Cl. The molecule has 156 valence electrons. The van der Waals surface area contributed by atoms with E-state index in [1.807, 2.05) is 44.2 Å². The molecule has 0 saturated heterocycles. The van der Waals surface area contributed by atoms with Crippen LogP contribution in [0.2, 0.25) is 10.0 Å². The van der Waals surface area contributed by atoms with E-state index in [1.54, 1.807) is 24.0 Å². The van der Waals surface area contributed by atoms with E-state index in [-0.39, 0.29) is 17.6 Å². The molecule has 0 fully saturated rings. The van der Waals surface area contributed by atoms with Crippen molar-refractivity contribution in [1.82, 2.24) is 10.2 Å². The number of carbonyl (C=O) groups excluding carboxylic acids is 2. The van der Waals surface area contributed by atoms with Crippen molar-refractivity contribution in [3.05, 3.63) is 69.2 Å². The minimum Gasteiger partial charge on any atom is -0.355 e. The molecular formula is C22H26Cl2N2O2S. The molecule has 0 bridgehead atoms. The number of nitrogens with zero attached hydrogens (tertiary/aromatic N) is 1. The summed E-state index contributed by atoms with van der Waals surface area (Å²) in [5.74, 6) is 0.617. The molecule has 4 nitrogen and oxygen atoms in total. The molecule has 0 heterocycles. The lowest BCUT2D eigenvalue weighted by molar-refractivity contribution is -0.138. The van der Waals surface area contributed by atoms with Crippen LogP contribution >= 0.6 is 35.0 Å². The summed E-state index contributed by atoms with van der Waals surface area (Å²) in [5, 5.41) is 3.98. The van der Waals surface area contributed by atoms with Gasteiger partial charge in [-0.15, -0.1) is 11.8 Å². The van der Waals surface area contributed by atoms with E-state index in [9.17, 15) is 9.59 Å². The second-order valence-corrected chi connectivity index (χ2v) is 8.58. The molecule has 0 spiro atoms.